The number of nitrogens with one attached hydrogen (secondary N) is 1. The lowest BCUT2D eigenvalue weighted by molar-refractivity contribution is -0.116. The minimum Gasteiger partial charge on any atom is -0.301 e. The molecule has 6 heteroatoms. The first-order valence-corrected chi connectivity index (χ1v) is 8.42. The predicted molar refractivity (Wildman–Crippen MR) is 88.2 cm³/mol. The highest BCUT2D eigenvalue weighted by atomic mass is 79.9. The summed E-state index contributed by atoms with van der Waals surface area (Å²) in [7, 11) is 0. The van der Waals surface area contributed by atoms with Crippen LogP contribution in [0.5, 0.6) is 0 Å². The largest absolute Gasteiger partial charge is 0.301 e. The van der Waals surface area contributed by atoms with Crippen molar-refractivity contribution in [3.05, 3.63) is 22.2 Å². The molecule has 0 aliphatic rings. The summed E-state index contributed by atoms with van der Waals surface area (Å²) < 4.78 is 2.02. The molecule has 0 fully saturated rings. The molecule has 2 rings (SSSR count). The van der Waals surface area contributed by atoms with Crippen LogP contribution >= 0.6 is 43.2 Å². The molecule has 102 valence electrons. The number of alkyl halides is 1. The van der Waals surface area contributed by atoms with E-state index in [9.17, 15) is 4.79 Å². The number of rotatable bonds is 3. The van der Waals surface area contributed by atoms with Gasteiger partial charge in [0, 0.05) is 4.47 Å². The van der Waals surface area contributed by atoms with Crippen LogP contribution in [-0.4, -0.2) is 15.7 Å². The Morgan fingerprint density at radius 3 is 2.74 bits per heavy atom. The van der Waals surface area contributed by atoms with E-state index >= 15 is 0 Å². The van der Waals surface area contributed by atoms with Gasteiger partial charge in [0.25, 0.3) is 0 Å². The molecule has 1 atom stereocenters. The van der Waals surface area contributed by atoms with Gasteiger partial charge in [0.05, 0.1) is 15.0 Å². The summed E-state index contributed by atoms with van der Waals surface area (Å²) in [6, 6.07) is 4.09. The van der Waals surface area contributed by atoms with Gasteiger partial charge in [-0.15, -0.1) is 0 Å². The number of thiazole rings is 1. The minimum atomic E-state index is -0.204. The number of aromatic nitrogens is 1. The molecule has 1 heterocycles. The SMILES string of the molecule is Cc1cc(Br)c2nc(NC(=O)[C@H](Br)C(C)C)sc2c1. The summed E-state index contributed by atoms with van der Waals surface area (Å²) in [4.78, 5) is 16.2. The fourth-order valence-electron chi connectivity index (χ4n) is 1.65. The first-order chi connectivity index (χ1) is 8.88. The van der Waals surface area contributed by atoms with Gasteiger partial charge in [0.2, 0.25) is 5.91 Å². The van der Waals surface area contributed by atoms with E-state index in [-0.39, 0.29) is 16.7 Å². The van der Waals surface area contributed by atoms with Gasteiger partial charge in [-0.25, -0.2) is 4.98 Å². The zero-order valence-corrected chi connectivity index (χ0v) is 14.8. The molecule has 1 N–H and O–H groups in total. The number of hydrogen-bond acceptors (Lipinski definition) is 3. The zero-order chi connectivity index (χ0) is 14.2. The topological polar surface area (TPSA) is 42.0 Å². The second-order valence-electron chi connectivity index (χ2n) is 4.75. The van der Waals surface area contributed by atoms with Crippen molar-refractivity contribution < 1.29 is 4.79 Å². The van der Waals surface area contributed by atoms with Crippen molar-refractivity contribution in [1.82, 2.24) is 4.98 Å². The molecule has 19 heavy (non-hydrogen) atoms. The number of hydrogen-bond donors (Lipinski definition) is 1. The lowest BCUT2D eigenvalue weighted by Crippen LogP contribution is -2.26. The fourth-order valence-corrected chi connectivity index (χ4v) is 3.55. The van der Waals surface area contributed by atoms with Gasteiger partial charge in [-0.05, 0) is 46.5 Å². The summed E-state index contributed by atoms with van der Waals surface area (Å²) in [5.41, 5.74) is 2.06. The normalized spacial score (nSPS) is 12.9. The summed E-state index contributed by atoms with van der Waals surface area (Å²) >= 11 is 8.38. The predicted octanol–water partition coefficient (Wildman–Crippen LogP) is 4.73. The molecule has 0 bridgehead atoms. The van der Waals surface area contributed by atoms with Crippen LogP contribution in [0, 0.1) is 12.8 Å². The van der Waals surface area contributed by atoms with Crippen molar-refractivity contribution in [2.24, 2.45) is 5.92 Å². The molecule has 3 nitrogen and oxygen atoms in total. The second kappa shape index (κ2) is 5.89. The second-order valence-corrected chi connectivity index (χ2v) is 7.62. The summed E-state index contributed by atoms with van der Waals surface area (Å²) in [5.74, 6) is 0.185. The van der Waals surface area contributed by atoms with Crippen molar-refractivity contribution in [2.75, 3.05) is 5.32 Å². The molecule has 1 amide bonds. The summed E-state index contributed by atoms with van der Waals surface area (Å²) in [6.07, 6.45) is 0. The van der Waals surface area contributed by atoms with E-state index in [2.05, 4.69) is 48.2 Å². The van der Waals surface area contributed by atoms with E-state index < -0.39 is 0 Å². The Morgan fingerprint density at radius 1 is 1.42 bits per heavy atom. The van der Waals surface area contributed by atoms with Crippen LogP contribution in [0.1, 0.15) is 19.4 Å². The third-order valence-electron chi connectivity index (χ3n) is 2.66. The third-order valence-corrected chi connectivity index (χ3v) is 5.65. The number of fused-ring (bicyclic) bond motifs is 1. The molecule has 0 radical (unpaired) electrons. The first kappa shape index (κ1) is 14.9. The number of anilines is 1. The average molecular weight is 406 g/mol. The number of halogens is 2. The molecule has 0 aliphatic carbocycles. The Morgan fingerprint density at radius 2 is 2.11 bits per heavy atom. The lowest BCUT2D eigenvalue weighted by atomic mass is 10.1. The Balaban J connectivity index is 2.27. The maximum Gasteiger partial charge on any atom is 0.240 e. The van der Waals surface area contributed by atoms with Gasteiger partial charge in [0.1, 0.15) is 0 Å². The molecular formula is C13H14Br2N2OS. The molecule has 0 spiro atoms. The molecule has 0 unspecified atom stereocenters. The van der Waals surface area contributed by atoms with Crippen LogP contribution < -0.4 is 5.32 Å². The zero-order valence-electron chi connectivity index (χ0n) is 10.8. The van der Waals surface area contributed by atoms with Crippen LogP contribution in [0.15, 0.2) is 16.6 Å². The maximum atomic E-state index is 12.0. The van der Waals surface area contributed by atoms with Crippen LogP contribution in [0.3, 0.4) is 0 Å². The van der Waals surface area contributed by atoms with E-state index in [4.69, 9.17) is 0 Å². The molecule has 0 aliphatic heterocycles. The Hall–Kier alpha value is -0.460. The number of benzene rings is 1. The van der Waals surface area contributed by atoms with Gasteiger partial charge in [0.15, 0.2) is 5.13 Å². The van der Waals surface area contributed by atoms with E-state index in [0.29, 0.717) is 5.13 Å². The van der Waals surface area contributed by atoms with Gasteiger partial charge >= 0.3 is 0 Å². The maximum absolute atomic E-state index is 12.0. The van der Waals surface area contributed by atoms with E-state index in [1.54, 1.807) is 0 Å². The Labute approximate surface area is 133 Å². The van der Waals surface area contributed by atoms with Crippen LogP contribution in [-0.2, 0) is 4.79 Å². The van der Waals surface area contributed by atoms with Gasteiger partial charge < -0.3 is 5.32 Å². The van der Waals surface area contributed by atoms with Crippen molar-refractivity contribution in [3.63, 3.8) is 0 Å². The van der Waals surface area contributed by atoms with Crippen molar-refractivity contribution in [1.29, 1.82) is 0 Å². The van der Waals surface area contributed by atoms with Gasteiger partial charge in [-0.3, -0.25) is 4.79 Å². The van der Waals surface area contributed by atoms with Gasteiger partial charge in [-0.1, -0.05) is 41.1 Å². The van der Waals surface area contributed by atoms with Crippen molar-refractivity contribution in [2.45, 2.75) is 25.6 Å². The number of aryl methyl sites for hydroxylation is 1. The number of amides is 1. The highest BCUT2D eigenvalue weighted by Gasteiger charge is 2.20. The molecule has 2 aromatic rings. The van der Waals surface area contributed by atoms with Gasteiger partial charge in [-0.2, -0.15) is 0 Å². The average Bonchev–Trinajstić information content (AvgIpc) is 2.70. The van der Waals surface area contributed by atoms with Crippen LogP contribution in [0.25, 0.3) is 10.2 Å². The van der Waals surface area contributed by atoms with Crippen molar-refractivity contribution in [3.8, 4) is 0 Å². The van der Waals surface area contributed by atoms with E-state index in [1.807, 2.05) is 26.8 Å². The summed E-state index contributed by atoms with van der Waals surface area (Å²) in [6.45, 7) is 6.03. The van der Waals surface area contributed by atoms with Crippen LogP contribution in [0.4, 0.5) is 5.13 Å². The fraction of sp³-hybridized carbons (Fsp3) is 0.385. The molecule has 0 saturated carbocycles. The van der Waals surface area contributed by atoms with Crippen LogP contribution in [0.2, 0.25) is 0 Å². The van der Waals surface area contributed by atoms with E-state index in [1.165, 1.54) is 16.9 Å². The lowest BCUT2D eigenvalue weighted by Gasteiger charge is -2.11. The number of nitrogens with zero attached hydrogens (tertiary/aromatic N) is 1. The Bertz CT molecular complexity index is 624. The summed E-state index contributed by atoms with van der Waals surface area (Å²) in [5, 5.41) is 3.50. The highest BCUT2D eigenvalue weighted by Crippen LogP contribution is 2.32. The monoisotopic (exact) mass is 404 g/mol. The quantitative estimate of drug-likeness (QED) is 0.750. The van der Waals surface area contributed by atoms with Crippen molar-refractivity contribution >= 4 is 64.5 Å². The Kier molecular flexibility index (Phi) is 4.63. The highest BCUT2D eigenvalue weighted by molar-refractivity contribution is 9.10. The number of carbonyl (C=O) groups is 1. The minimum absolute atomic E-state index is 0.0538. The molecule has 1 aromatic heterocycles. The number of carbonyl (C=O) groups excluding carboxylic acids is 1. The molecular weight excluding hydrogens is 392 g/mol. The standard InChI is InChI=1S/C13H14Br2N2OS/c1-6(2)10(15)12(18)17-13-16-11-8(14)4-7(3)5-9(11)19-13/h4-6,10H,1-3H3,(H,16,17,18)/t10-/m1/s1. The first-order valence-electron chi connectivity index (χ1n) is 5.90. The van der Waals surface area contributed by atoms with E-state index in [0.717, 1.165) is 14.7 Å². The smallest absolute Gasteiger partial charge is 0.240 e. The third kappa shape index (κ3) is 3.35. The molecule has 0 saturated heterocycles. The molecule has 1 aromatic carbocycles.